The Hall–Kier alpha value is -2.40. The number of amides is 1. The lowest BCUT2D eigenvalue weighted by Crippen LogP contribution is -2.34. The predicted octanol–water partition coefficient (Wildman–Crippen LogP) is 3.58. The highest BCUT2D eigenvalue weighted by Gasteiger charge is 2.19. The van der Waals surface area contributed by atoms with Crippen LogP contribution in [0.15, 0.2) is 48.5 Å². The molecule has 0 heterocycles. The molecule has 2 aromatic carbocycles. The minimum absolute atomic E-state index is 0.250. The van der Waals surface area contributed by atoms with Gasteiger partial charge in [0.2, 0.25) is 0 Å². The number of hydrogen-bond acceptors (Lipinski definition) is 3. The molecule has 0 spiro atoms. The van der Waals surface area contributed by atoms with Crippen LogP contribution in [0, 0.1) is 31.6 Å². The molecule has 0 bridgehead atoms. The maximum absolute atomic E-state index is 12.2. The van der Waals surface area contributed by atoms with E-state index in [0.717, 1.165) is 17.2 Å². The van der Waals surface area contributed by atoms with Crippen molar-refractivity contribution in [1.29, 1.82) is 0 Å². The molecule has 5 heteroatoms. The van der Waals surface area contributed by atoms with Crippen LogP contribution in [-0.2, 0) is 0 Å². The van der Waals surface area contributed by atoms with E-state index in [1.165, 1.54) is 0 Å². The quantitative estimate of drug-likeness (QED) is 0.829. The molecule has 0 atom stereocenters. The smallest absolute Gasteiger partial charge is 0.257 e. The monoisotopic (exact) mass is 349 g/mol. The topological polar surface area (TPSA) is 50.4 Å². The molecule has 2 N–H and O–H groups in total. The number of hydrogen-bond donors (Lipinski definition) is 2. The summed E-state index contributed by atoms with van der Waals surface area (Å²) in [6, 6.07) is 14.7. The molecule has 25 heavy (non-hydrogen) atoms. The van der Waals surface area contributed by atoms with Gasteiger partial charge in [0, 0.05) is 17.2 Å². The van der Waals surface area contributed by atoms with Crippen molar-refractivity contribution in [1.82, 2.24) is 5.32 Å². The zero-order valence-electron chi connectivity index (χ0n) is 13.7. The van der Waals surface area contributed by atoms with Gasteiger partial charge in [0.05, 0.1) is 7.11 Å². The van der Waals surface area contributed by atoms with E-state index in [1.807, 2.05) is 49.9 Å². The van der Waals surface area contributed by atoms with Gasteiger partial charge >= 0.3 is 0 Å². The summed E-state index contributed by atoms with van der Waals surface area (Å²) in [6.07, 6.45) is 8.08. The Labute approximate surface area is 153 Å². The molecule has 1 fully saturated rings. The molecule has 1 aliphatic rings. The minimum Gasteiger partial charge on any atom is -0.497 e. The minimum atomic E-state index is -0.271. The van der Waals surface area contributed by atoms with Gasteiger partial charge in [-0.25, -0.2) is 0 Å². The van der Waals surface area contributed by atoms with Gasteiger partial charge in [-0.1, -0.05) is 12.1 Å². The standard InChI is InChI=1S/C20H17N2O2S/c1-24-18-11-9-15(10-12-18)19(23)22-20(25)21-17-8-4-7-16(13-17)14-5-2-3-6-14/h2-13H,1H3,(H2,21,22,23,25). The lowest BCUT2D eigenvalue weighted by molar-refractivity contribution is 0.0977. The number of ether oxygens (including phenoxy) is 1. The van der Waals surface area contributed by atoms with Gasteiger partial charge in [0.25, 0.3) is 5.91 Å². The summed E-state index contributed by atoms with van der Waals surface area (Å²) in [4.78, 5) is 12.2. The molecule has 5 radical (unpaired) electrons. The van der Waals surface area contributed by atoms with Crippen molar-refractivity contribution in [2.45, 2.75) is 0 Å². The van der Waals surface area contributed by atoms with Gasteiger partial charge in [-0.15, -0.1) is 0 Å². The van der Waals surface area contributed by atoms with Crippen LogP contribution in [0.2, 0.25) is 0 Å². The SMILES string of the molecule is COc1ccc(C(=O)NC(=S)Nc2cccc([C]3[CH][CH][CH][CH]3)c2)cc1. The number of rotatable bonds is 4. The molecule has 0 saturated heterocycles. The molecule has 4 nitrogen and oxygen atoms in total. The Morgan fingerprint density at radius 3 is 2.44 bits per heavy atom. The molecule has 125 valence electrons. The van der Waals surface area contributed by atoms with E-state index in [1.54, 1.807) is 31.4 Å². The van der Waals surface area contributed by atoms with Crippen molar-refractivity contribution in [2.24, 2.45) is 0 Å². The Morgan fingerprint density at radius 2 is 1.76 bits per heavy atom. The summed E-state index contributed by atoms with van der Waals surface area (Å²) in [7, 11) is 1.58. The predicted molar refractivity (Wildman–Crippen MR) is 103 cm³/mol. The fourth-order valence-corrected chi connectivity index (χ4v) is 2.63. The summed E-state index contributed by atoms with van der Waals surface area (Å²) < 4.78 is 5.08. The summed E-state index contributed by atoms with van der Waals surface area (Å²) in [5.74, 6) is 1.56. The highest BCUT2D eigenvalue weighted by atomic mass is 32.1. The zero-order valence-corrected chi connectivity index (χ0v) is 14.5. The maximum Gasteiger partial charge on any atom is 0.257 e. The van der Waals surface area contributed by atoms with Crippen LogP contribution in [0.4, 0.5) is 5.69 Å². The van der Waals surface area contributed by atoms with E-state index in [-0.39, 0.29) is 11.0 Å². The molecule has 2 aromatic rings. The highest BCUT2D eigenvalue weighted by Crippen LogP contribution is 2.31. The van der Waals surface area contributed by atoms with E-state index in [0.29, 0.717) is 11.3 Å². The van der Waals surface area contributed by atoms with Crippen molar-refractivity contribution < 1.29 is 9.53 Å². The summed E-state index contributed by atoms with van der Waals surface area (Å²) in [5, 5.41) is 5.97. The summed E-state index contributed by atoms with van der Waals surface area (Å²) >= 11 is 5.24. The van der Waals surface area contributed by atoms with Gasteiger partial charge in [0.1, 0.15) is 5.75 Å². The van der Waals surface area contributed by atoms with Crippen molar-refractivity contribution in [3.63, 3.8) is 0 Å². The molecule has 0 aromatic heterocycles. The largest absolute Gasteiger partial charge is 0.497 e. The van der Waals surface area contributed by atoms with Crippen LogP contribution in [0.25, 0.3) is 0 Å². The number of benzene rings is 2. The molecule has 1 amide bonds. The zero-order chi connectivity index (χ0) is 17.6. The third kappa shape index (κ3) is 4.57. The first-order valence-corrected chi connectivity index (χ1v) is 8.15. The molecular weight excluding hydrogens is 332 g/mol. The van der Waals surface area contributed by atoms with Crippen LogP contribution in [-0.4, -0.2) is 18.1 Å². The van der Waals surface area contributed by atoms with Crippen LogP contribution >= 0.6 is 12.2 Å². The van der Waals surface area contributed by atoms with Gasteiger partial charge in [0.15, 0.2) is 5.11 Å². The van der Waals surface area contributed by atoms with Crippen molar-refractivity contribution in [2.75, 3.05) is 12.4 Å². The van der Waals surface area contributed by atoms with Crippen molar-refractivity contribution in [3.05, 3.63) is 91.3 Å². The first kappa shape index (κ1) is 17.4. The van der Waals surface area contributed by atoms with Crippen LogP contribution in [0.1, 0.15) is 15.9 Å². The van der Waals surface area contributed by atoms with E-state index in [4.69, 9.17) is 17.0 Å². The maximum atomic E-state index is 12.2. The summed E-state index contributed by atoms with van der Waals surface area (Å²) in [5.41, 5.74) is 2.41. The normalized spacial score (nSPS) is 14.1. The molecule has 1 aliphatic carbocycles. The molecule has 1 saturated carbocycles. The number of thiocarbonyl (C=S) groups is 1. The Balaban J connectivity index is 1.60. The second-order valence-corrected chi connectivity index (χ2v) is 5.80. The third-order valence-electron chi connectivity index (χ3n) is 3.70. The van der Waals surface area contributed by atoms with Crippen molar-refractivity contribution >= 4 is 28.9 Å². The lowest BCUT2D eigenvalue weighted by atomic mass is 9.97. The Morgan fingerprint density at radius 1 is 1.04 bits per heavy atom. The molecule has 0 unspecified atom stereocenters. The van der Waals surface area contributed by atoms with Crippen LogP contribution in [0.5, 0.6) is 5.75 Å². The molecular formula is C20H17N2O2S. The Kier molecular flexibility index (Phi) is 5.66. The number of anilines is 1. The van der Waals surface area contributed by atoms with E-state index >= 15 is 0 Å². The van der Waals surface area contributed by atoms with Crippen LogP contribution < -0.4 is 15.4 Å². The van der Waals surface area contributed by atoms with E-state index in [9.17, 15) is 4.79 Å². The fourth-order valence-electron chi connectivity index (χ4n) is 2.42. The van der Waals surface area contributed by atoms with Gasteiger partial charge < -0.3 is 10.1 Å². The second kappa shape index (κ2) is 8.12. The number of nitrogens with one attached hydrogen (secondary N) is 2. The van der Waals surface area contributed by atoms with Gasteiger partial charge in [-0.2, -0.15) is 0 Å². The molecule has 3 rings (SSSR count). The highest BCUT2D eigenvalue weighted by molar-refractivity contribution is 7.80. The first-order valence-electron chi connectivity index (χ1n) is 7.74. The lowest BCUT2D eigenvalue weighted by Gasteiger charge is -2.13. The first-order chi connectivity index (χ1) is 12.2. The average molecular weight is 349 g/mol. The average Bonchev–Trinajstić information content (AvgIpc) is 3.16. The number of carbonyl (C=O) groups excluding carboxylic acids is 1. The van der Waals surface area contributed by atoms with Gasteiger partial charge in [-0.05, 0) is 79.9 Å². The third-order valence-corrected chi connectivity index (χ3v) is 3.90. The van der Waals surface area contributed by atoms with Crippen LogP contribution in [0.3, 0.4) is 0 Å². The molecule has 0 aliphatic heterocycles. The van der Waals surface area contributed by atoms with Gasteiger partial charge in [-0.3, -0.25) is 10.1 Å². The van der Waals surface area contributed by atoms with E-state index < -0.39 is 0 Å². The number of methoxy groups -OCH3 is 1. The fraction of sp³-hybridized carbons (Fsp3) is 0.0500. The van der Waals surface area contributed by atoms with Crippen molar-refractivity contribution in [3.8, 4) is 5.75 Å². The van der Waals surface area contributed by atoms with E-state index in [2.05, 4.69) is 10.6 Å². The number of carbonyl (C=O) groups is 1. The second-order valence-electron chi connectivity index (χ2n) is 5.39. The summed E-state index contributed by atoms with van der Waals surface area (Å²) in [6.45, 7) is 0. The Bertz CT molecular complexity index is 753.